The molecule has 1 aliphatic heterocycles. The van der Waals surface area contributed by atoms with Gasteiger partial charge in [-0.15, -0.1) is 0 Å². The number of urea groups is 2. The van der Waals surface area contributed by atoms with Crippen LogP contribution in [0.1, 0.15) is 0 Å². The zero-order valence-corrected chi connectivity index (χ0v) is 8.71. The smallest absolute Gasteiger partial charge is 0.330 e. The maximum atomic E-state index is 11.8. The van der Waals surface area contributed by atoms with E-state index in [-0.39, 0.29) is 0 Å². The van der Waals surface area contributed by atoms with Gasteiger partial charge >= 0.3 is 12.1 Å². The number of anilines is 1. The number of hydrogen-bond donors (Lipinski definition) is 3. The highest BCUT2D eigenvalue weighted by atomic mass is 16.2. The molecule has 0 radical (unpaired) electrons. The van der Waals surface area contributed by atoms with Gasteiger partial charge in [-0.2, -0.15) is 0 Å². The molecule has 1 atom stereocenters. The van der Waals surface area contributed by atoms with Gasteiger partial charge in [-0.1, -0.05) is 18.2 Å². The van der Waals surface area contributed by atoms with Gasteiger partial charge in [0.2, 0.25) is 0 Å². The average Bonchev–Trinajstić information content (AvgIpc) is 2.54. The van der Waals surface area contributed by atoms with Crippen LogP contribution in [0.4, 0.5) is 15.3 Å². The molecule has 0 spiro atoms. The Labute approximate surface area is 96.6 Å². The molecule has 1 fully saturated rings. The summed E-state index contributed by atoms with van der Waals surface area (Å²) in [6.07, 6.45) is -1.11. The molecule has 1 heterocycles. The van der Waals surface area contributed by atoms with E-state index in [0.717, 1.165) is 4.90 Å². The van der Waals surface area contributed by atoms with Gasteiger partial charge in [-0.3, -0.25) is 4.79 Å². The summed E-state index contributed by atoms with van der Waals surface area (Å²) in [5, 5.41) is 4.45. The van der Waals surface area contributed by atoms with Crippen LogP contribution in [0.25, 0.3) is 0 Å². The van der Waals surface area contributed by atoms with E-state index in [2.05, 4.69) is 10.6 Å². The third-order valence-electron chi connectivity index (χ3n) is 2.24. The monoisotopic (exact) mass is 234 g/mol. The molecule has 1 saturated heterocycles. The van der Waals surface area contributed by atoms with E-state index in [0.29, 0.717) is 5.69 Å². The van der Waals surface area contributed by atoms with Crippen molar-refractivity contribution in [2.45, 2.75) is 6.17 Å². The molecule has 0 bridgehead atoms. The summed E-state index contributed by atoms with van der Waals surface area (Å²) in [5.41, 5.74) is 5.33. The van der Waals surface area contributed by atoms with Crippen LogP contribution in [0, 0.1) is 0 Å². The number of rotatable bonds is 2. The van der Waals surface area contributed by atoms with Crippen LogP contribution in [0.5, 0.6) is 0 Å². The third kappa shape index (κ3) is 2.03. The number of carbonyl (C=O) groups is 3. The molecule has 7 nitrogen and oxygen atoms in total. The Morgan fingerprint density at radius 1 is 1.29 bits per heavy atom. The summed E-state index contributed by atoms with van der Waals surface area (Å²) >= 11 is 0. The van der Waals surface area contributed by atoms with Crippen LogP contribution in [0.3, 0.4) is 0 Å². The maximum Gasteiger partial charge on any atom is 0.330 e. The van der Waals surface area contributed by atoms with Crippen LogP contribution >= 0.6 is 0 Å². The van der Waals surface area contributed by atoms with Crippen LogP contribution in [0.2, 0.25) is 0 Å². The molecule has 0 aromatic heterocycles. The number of imide groups is 1. The van der Waals surface area contributed by atoms with Gasteiger partial charge in [0.05, 0.1) is 5.69 Å². The van der Waals surface area contributed by atoms with Crippen molar-refractivity contribution in [2.75, 3.05) is 4.90 Å². The summed E-state index contributed by atoms with van der Waals surface area (Å²) < 4.78 is 0. The zero-order valence-electron chi connectivity index (χ0n) is 8.71. The van der Waals surface area contributed by atoms with E-state index in [9.17, 15) is 14.4 Å². The van der Waals surface area contributed by atoms with Gasteiger partial charge < -0.3 is 16.4 Å². The second-order valence-electron chi connectivity index (χ2n) is 3.40. The Morgan fingerprint density at radius 3 is 2.53 bits per heavy atom. The number of nitrogens with two attached hydrogens (primary N) is 1. The Morgan fingerprint density at radius 2 is 1.94 bits per heavy atom. The summed E-state index contributed by atoms with van der Waals surface area (Å²) in [5.74, 6) is -0.569. The SMILES string of the molecule is NC(=O)NC1NC(=O)N(c2ccccc2)C1=O. The van der Waals surface area contributed by atoms with Crippen LogP contribution < -0.4 is 21.3 Å². The average molecular weight is 234 g/mol. The predicted octanol–water partition coefficient (Wildman–Crippen LogP) is -0.263. The largest absolute Gasteiger partial charge is 0.352 e. The van der Waals surface area contributed by atoms with Gasteiger partial charge in [0, 0.05) is 0 Å². The molecular weight excluding hydrogens is 224 g/mol. The summed E-state index contributed by atoms with van der Waals surface area (Å²) in [6.45, 7) is 0. The van der Waals surface area contributed by atoms with Gasteiger partial charge in [0.25, 0.3) is 5.91 Å². The number of nitrogens with one attached hydrogen (secondary N) is 2. The molecule has 88 valence electrons. The first-order chi connectivity index (χ1) is 8.09. The van der Waals surface area contributed by atoms with Crippen LogP contribution in [-0.2, 0) is 4.79 Å². The highest BCUT2D eigenvalue weighted by molar-refractivity contribution is 6.21. The van der Waals surface area contributed by atoms with E-state index in [1.165, 1.54) is 0 Å². The third-order valence-corrected chi connectivity index (χ3v) is 2.24. The Balaban J connectivity index is 2.23. The van der Waals surface area contributed by atoms with E-state index in [4.69, 9.17) is 5.73 Å². The Bertz CT molecular complexity index is 474. The second kappa shape index (κ2) is 4.12. The lowest BCUT2D eigenvalue weighted by molar-refractivity contribution is -0.118. The number of amides is 5. The summed E-state index contributed by atoms with van der Waals surface area (Å²) in [6, 6.07) is 6.92. The minimum Gasteiger partial charge on any atom is -0.352 e. The summed E-state index contributed by atoms with van der Waals surface area (Å²) in [4.78, 5) is 35.0. The number of primary amides is 1. The maximum absolute atomic E-state index is 11.8. The quantitative estimate of drug-likeness (QED) is 0.614. The van der Waals surface area contributed by atoms with Gasteiger partial charge in [0.1, 0.15) is 0 Å². The van der Waals surface area contributed by atoms with E-state index in [1.54, 1.807) is 30.3 Å². The molecule has 17 heavy (non-hydrogen) atoms. The predicted molar refractivity (Wildman–Crippen MR) is 59.0 cm³/mol. The van der Waals surface area contributed by atoms with Crippen molar-refractivity contribution in [3.05, 3.63) is 30.3 Å². The molecule has 4 N–H and O–H groups in total. The first kappa shape index (κ1) is 10.9. The molecule has 0 aliphatic carbocycles. The zero-order chi connectivity index (χ0) is 12.4. The molecule has 1 aromatic rings. The normalized spacial score (nSPS) is 19.1. The number of para-hydroxylation sites is 1. The van der Waals surface area contributed by atoms with E-state index >= 15 is 0 Å². The Kier molecular flexibility index (Phi) is 2.65. The van der Waals surface area contributed by atoms with Crippen molar-refractivity contribution >= 4 is 23.7 Å². The van der Waals surface area contributed by atoms with Crippen molar-refractivity contribution in [1.29, 1.82) is 0 Å². The molecular formula is C10H10N4O3. The molecule has 7 heteroatoms. The molecule has 0 saturated carbocycles. The first-order valence-corrected chi connectivity index (χ1v) is 4.85. The number of hydrogen-bond acceptors (Lipinski definition) is 3. The number of nitrogens with zero attached hydrogens (tertiary/aromatic N) is 1. The van der Waals surface area contributed by atoms with Gasteiger partial charge in [-0.25, -0.2) is 14.5 Å². The molecule has 2 rings (SSSR count). The lowest BCUT2D eigenvalue weighted by atomic mass is 10.3. The van der Waals surface area contributed by atoms with Crippen molar-refractivity contribution in [3.63, 3.8) is 0 Å². The standard InChI is InChI=1S/C10H10N4O3/c11-9(16)12-7-8(15)14(10(17)13-7)6-4-2-1-3-5-6/h1-5,7H,(H,13,17)(H3,11,12,16). The molecule has 5 amide bonds. The van der Waals surface area contributed by atoms with Crippen molar-refractivity contribution in [3.8, 4) is 0 Å². The molecule has 1 aromatic carbocycles. The first-order valence-electron chi connectivity index (χ1n) is 4.85. The summed E-state index contributed by atoms with van der Waals surface area (Å²) in [7, 11) is 0. The fraction of sp³-hybridized carbons (Fsp3) is 0.100. The minimum atomic E-state index is -1.11. The van der Waals surface area contributed by atoms with Gasteiger partial charge in [0.15, 0.2) is 6.17 Å². The van der Waals surface area contributed by atoms with Crippen molar-refractivity contribution in [2.24, 2.45) is 5.73 Å². The lowest BCUT2D eigenvalue weighted by Gasteiger charge is -2.12. The van der Waals surface area contributed by atoms with Crippen molar-refractivity contribution in [1.82, 2.24) is 10.6 Å². The number of carbonyl (C=O) groups excluding carboxylic acids is 3. The van der Waals surface area contributed by atoms with Crippen LogP contribution in [0.15, 0.2) is 30.3 Å². The fourth-order valence-electron chi connectivity index (χ4n) is 1.54. The number of benzene rings is 1. The highest BCUT2D eigenvalue weighted by Gasteiger charge is 2.39. The topological polar surface area (TPSA) is 105 Å². The second-order valence-corrected chi connectivity index (χ2v) is 3.40. The van der Waals surface area contributed by atoms with Crippen LogP contribution in [-0.4, -0.2) is 24.1 Å². The molecule has 1 unspecified atom stereocenters. The Hall–Kier alpha value is -2.57. The minimum absolute atomic E-state index is 0.434. The van der Waals surface area contributed by atoms with E-state index < -0.39 is 24.1 Å². The lowest BCUT2D eigenvalue weighted by Crippen LogP contribution is -2.48. The fourth-order valence-corrected chi connectivity index (χ4v) is 1.54. The van der Waals surface area contributed by atoms with Crippen molar-refractivity contribution < 1.29 is 14.4 Å². The van der Waals surface area contributed by atoms with Gasteiger partial charge in [-0.05, 0) is 12.1 Å². The molecule has 1 aliphatic rings. The van der Waals surface area contributed by atoms with E-state index in [1.807, 2.05) is 0 Å². The highest BCUT2D eigenvalue weighted by Crippen LogP contribution is 2.17.